The van der Waals surface area contributed by atoms with Gasteiger partial charge >= 0.3 is 5.97 Å². The van der Waals surface area contributed by atoms with Crippen LogP contribution in [-0.4, -0.2) is 53.6 Å². The molecule has 1 saturated carbocycles. The van der Waals surface area contributed by atoms with E-state index in [-0.39, 0.29) is 17.7 Å². The number of aromatic nitrogens is 1. The van der Waals surface area contributed by atoms with Crippen LogP contribution in [0.15, 0.2) is 42.5 Å². The minimum absolute atomic E-state index is 0.0778. The minimum atomic E-state index is -0.915. The summed E-state index contributed by atoms with van der Waals surface area (Å²) in [5.74, 6) is -0.323. The number of rotatable bonds is 6. The Kier molecular flexibility index (Phi) is 15.7. The number of carbonyl (C=O) groups excluding carboxylic acids is 1. The number of hydrogen-bond donors (Lipinski definition) is 2. The molecule has 1 aliphatic heterocycles. The van der Waals surface area contributed by atoms with E-state index in [2.05, 4.69) is 46.0 Å². The standard InChI is InChI=1S/C32H45N3O3.2C2H6/c1-23-12-8-7-11-15-28-30(24-13-9-5-4-6-10-14-24)27-17-16-25(32(37)38)21-29(27)35(28)22-26(20-23)31(36)33-18-19-34(2)3;2*1-2/h7-8,11-12,16-17,21,23-24,26H,4-6,9-10,13-15,18-20,22H2,1-3H3,(H,33,36)(H,37,38);2*1-2H3/b11-7-,12-8-;;. The molecular weight excluding hydrogens is 522 g/mol. The number of benzene rings is 1. The fraction of sp³-hybridized carbons (Fsp3) is 0.611. The lowest BCUT2D eigenvalue weighted by atomic mass is 9.84. The molecule has 0 bridgehead atoms. The van der Waals surface area contributed by atoms with Gasteiger partial charge in [-0.2, -0.15) is 0 Å². The molecular formula is C36H57N3O3. The van der Waals surface area contributed by atoms with Gasteiger partial charge in [-0.1, -0.05) is 97.1 Å². The molecule has 0 radical (unpaired) electrons. The lowest BCUT2D eigenvalue weighted by Gasteiger charge is -2.24. The Balaban J connectivity index is 0.00000148. The van der Waals surface area contributed by atoms with Crippen molar-refractivity contribution in [1.82, 2.24) is 14.8 Å². The lowest BCUT2D eigenvalue weighted by Crippen LogP contribution is -2.38. The SMILES string of the molecule is CC.CC.CC1/C=C\C=C/Cc2c(C3CCCCCCC3)c3ccc(C(=O)O)cc3n2CC(C(=O)NCCN(C)C)C1. The molecule has 42 heavy (non-hydrogen) atoms. The summed E-state index contributed by atoms with van der Waals surface area (Å²) in [5, 5.41) is 14.1. The van der Waals surface area contributed by atoms with Gasteiger partial charge in [0.2, 0.25) is 5.91 Å². The zero-order valence-electron chi connectivity index (χ0n) is 27.4. The summed E-state index contributed by atoms with van der Waals surface area (Å²) < 4.78 is 2.30. The summed E-state index contributed by atoms with van der Waals surface area (Å²) in [6.45, 7) is 12.1. The van der Waals surface area contributed by atoms with Crippen LogP contribution in [-0.2, 0) is 17.8 Å². The van der Waals surface area contributed by atoms with E-state index in [4.69, 9.17) is 0 Å². The third-order valence-electron chi connectivity index (χ3n) is 8.26. The molecule has 4 rings (SSSR count). The highest BCUT2D eigenvalue weighted by Crippen LogP contribution is 2.40. The number of nitrogens with zero attached hydrogens (tertiary/aromatic N) is 2. The number of amides is 1. The van der Waals surface area contributed by atoms with Crippen LogP contribution in [0, 0.1) is 11.8 Å². The average molecular weight is 580 g/mol. The summed E-state index contributed by atoms with van der Waals surface area (Å²) in [6.07, 6.45) is 18.9. The topological polar surface area (TPSA) is 74.6 Å². The Morgan fingerprint density at radius 2 is 1.67 bits per heavy atom. The number of aromatic carboxylic acids is 1. The maximum atomic E-state index is 13.5. The first kappa shape index (κ1) is 35.3. The van der Waals surface area contributed by atoms with Gasteiger partial charge < -0.3 is 19.9 Å². The van der Waals surface area contributed by atoms with Gasteiger partial charge in [0.15, 0.2) is 0 Å². The molecule has 6 heteroatoms. The zero-order valence-corrected chi connectivity index (χ0v) is 27.4. The van der Waals surface area contributed by atoms with E-state index in [1.54, 1.807) is 6.07 Å². The first-order chi connectivity index (χ1) is 20.3. The van der Waals surface area contributed by atoms with Gasteiger partial charge in [0.1, 0.15) is 0 Å². The van der Waals surface area contributed by atoms with Crippen LogP contribution in [0.5, 0.6) is 0 Å². The lowest BCUT2D eigenvalue weighted by molar-refractivity contribution is -0.125. The number of carboxylic acids is 1. The van der Waals surface area contributed by atoms with Crippen molar-refractivity contribution in [3.63, 3.8) is 0 Å². The van der Waals surface area contributed by atoms with E-state index in [0.29, 0.717) is 24.6 Å². The van der Waals surface area contributed by atoms with Crippen LogP contribution in [0.1, 0.15) is 114 Å². The molecule has 1 fully saturated rings. The van der Waals surface area contributed by atoms with Crippen molar-refractivity contribution >= 4 is 22.8 Å². The maximum absolute atomic E-state index is 13.5. The second kappa shape index (κ2) is 18.6. The second-order valence-electron chi connectivity index (χ2n) is 11.6. The van der Waals surface area contributed by atoms with E-state index in [0.717, 1.165) is 30.3 Å². The Hall–Kier alpha value is -2.86. The van der Waals surface area contributed by atoms with Gasteiger partial charge in [0.25, 0.3) is 0 Å². The summed E-state index contributed by atoms with van der Waals surface area (Å²) in [7, 11) is 4.02. The zero-order chi connectivity index (χ0) is 31.1. The Bertz CT molecular complexity index is 1170. The molecule has 1 amide bonds. The van der Waals surface area contributed by atoms with Gasteiger partial charge in [-0.25, -0.2) is 4.79 Å². The van der Waals surface area contributed by atoms with Crippen molar-refractivity contribution in [2.75, 3.05) is 27.2 Å². The van der Waals surface area contributed by atoms with Gasteiger partial charge in [-0.15, -0.1) is 0 Å². The van der Waals surface area contributed by atoms with Crippen LogP contribution in [0.3, 0.4) is 0 Å². The number of allylic oxidation sites excluding steroid dienone is 4. The fourth-order valence-electron chi connectivity index (χ4n) is 6.26. The van der Waals surface area contributed by atoms with Crippen LogP contribution in [0.4, 0.5) is 0 Å². The molecule has 6 nitrogen and oxygen atoms in total. The van der Waals surface area contributed by atoms with Crippen molar-refractivity contribution in [2.45, 2.75) is 105 Å². The molecule has 0 spiro atoms. The van der Waals surface area contributed by atoms with Crippen LogP contribution in [0.2, 0.25) is 0 Å². The molecule has 1 aromatic heterocycles. The Morgan fingerprint density at radius 3 is 2.31 bits per heavy atom. The predicted molar refractivity (Wildman–Crippen MR) is 177 cm³/mol. The third kappa shape index (κ3) is 9.86. The summed E-state index contributed by atoms with van der Waals surface area (Å²) in [6, 6.07) is 5.61. The largest absolute Gasteiger partial charge is 0.478 e. The summed E-state index contributed by atoms with van der Waals surface area (Å²) in [4.78, 5) is 27.5. The van der Waals surface area contributed by atoms with Gasteiger partial charge in [0.05, 0.1) is 11.5 Å². The summed E-state index contributed by atoms with van der Waals surface area (Å²) >= 11 is 0. The van der Waals surface area contributed by atoms with Crippen LogP contribution >= 0.6 is 0 Å². The van der Waals surface area contributed by atoms with Gasteiger partial charge in [-0.3, -0.25) is 4.79 Å². The molecule has 1 aromatic carbocycles. The highest BCUT2D eigenvalue weighted by molar-refractivity contribution is 5.95. The van der Waals surface area contributed by atoms with Crippen LogP contribution in [0.25, 0.3) is 10.9 Å². The van der Waals surface area contributed by atoms with Crippen molar-refractivity contribution in [2.24, 2.45) is 11.8 Å². The quantitative estimate of drug-likeness (QED) is 0.362. The number of carbonyl (C=O) groups is 2. The van der Waals surface area contributed by atoms with Crippen molar-refractivity contribution in [3.05, 3.63) is 59.3 Å². The van der Waals surface area contributed by atoms with Crippen LogP contribution < -0.4 is 5.32 Å². The molecule has 2 atom stereocenters. The van der Waals surface area contributed by atoms with Crippen molar-refractivity contribution in [1.29, 1.82) is 0 Å². The molecule has 2 aromatic rings. The van der Waals surface area contributed by atoms with E-state index >= 15 is 0 Å². The fourth-order valence-corrected chi connectivity index (χ4v) is 6.26. The normalized spacial score (nSPS) is 21.2. The van der Waals surface area contributed by atoms with E-state index in [9.17, 15) is 14.7 Å². The second-order valence-corrected chi connectivity index (χ2v) is 11.6. The smallest absolute Gasteiger partial charge is 0.335 e. The van der Waals surface area contributed by atoms with Gasteiger partial charge in [0, 0.05) is 42.7 Å². The molecule has 2 heterocycles. The number of likely N-dealkylation sites (N-methyl/N-ethyl adjacent to an activating group) is 1. The minimum Gasteiger partial charge on any atom is -0.478 e. The molecule has 2 aliphatic rings. The molecule has 2 unspecified atom stereocenters. The first-order valence-electron chi connectivity index (χ1n) is 16.5. The highest BCUT2D eigenvalue weighted by Gasteiger charge is 2.28. The molecule has 234 valence electrons. The van der Waals surface area contributed by atoms with E-state index in [1.165, 1.54) is 56.2 Å². The van der Waals surface area contributed by atoms with Gasteiger partial charge in [-0.05, 0) is 62.9 Å². The number of nitrogens with one attached hydrogen (secondary N) is 1. The average Bonchev–Trinajstić information content (AvgIpc) is 3.24. The van der Waals surface area contributed by atoms with E-state index in [1.807, 2.05) is 53.9 Å². The maximum Gasteiger partial charge on any atom is 0.335 e. The molecule has 2 N–H and O–H groups in total. The summed E-state index contributed by atoms with van der Waals surface area (Å²) in [5.41, 5.74) is 3.88. The number of carboxylic acid groups (broad SMARTS) is 1. The number of hydrogen-bond acceptors (Lipinski definition) is 3. The van der Waals surface area contributed by atoms with Crippen molar-refractivity contribution in [3.8, 4) is 0 Å². The van der Waals surface area contributed by atoms with Crippen molar-refractivity contribution < 1.29 is 14.7 Å². The highest BCUT2D eigenvalue weighted by atomic mass is 16.4. The predicted octanol–water partition coefficient (Wildman–Crippen LogP) is 8.21. The Labute approximate surface area is 255 Å². The van der Waals surface area contributed by atoms with E-state index < -0.39 is 5.97 Å². The Morgan fingerprint density at radius 1 is 1.00 bits per heavy atom. The third-order valence-corrected chi connectivity index (χ3v) is 8.26. The first-order valence-corrected chi connectivity index (χ1v) is 16.5. The monoisotopic (exact) mass is 579 g/mol. The molecule has 1 aliphatic carbocycles. The molecule has 0 saturated heterocycles. The number of fused-ring (bicyclic) bond motifs is 3.